The number of hydrogen-bond donors (Lipinski definition) is 2. The van der Waals surface area contributed by atoms with Gasteiger partial charge in [-0.1, -0.05) is 18.2 Å². The van der Waals surface area contributed by atoms with Crippen LogP contribution >= 0.6 is 23.7 Å². The van der Waals surface area contributed by atoms with Gasteiger partial charge in [-0.3, -0.25) is 9.59 Å². The van der Waals surface area contributed by atoms with Crippen LogP contribution in [0, 0.1) is 0 Å². The molecule has 0 atom stereocenters. The van der Waals surface area contributed by atoms with Crippen LogP contribution < -0.4 is 15.5 Å². The Morgan fingerprint density at radius 1 is 1.12 bits per heavy atom. The molecule has 0 bridgehead atoms. The highest BCUT2D eigenvalue weighted by Crippen LogP contribution is 2.22. The van der Waals surface area contributed by atoms with Crippen molar-refractivity contribution in [2.75, 3.05) is 45.3 Å². The number of carbonyl (C=O) groups excluding carboxylic acids is 2. The van der Waals surface area contributed by atoms with Crippen molar-refractivity contribution in [1.29, 1.82) is 0 Å². The normalized spacial score (nSPS) is 10.1. The van der Waals surface area contributed by atoms with Gasteiger partial charge in [-0.25, -0.2) is 0 Å². The number of ether oxygens (including phenoxy) is 1. The third-order valence-electron chi connectivity index (χ3n) is 3.62. The zero-order chi connectivity index (χ0) is 18.1. The van der Waals surface area contributed by atoms with E-state index >= 15 is 0 Å². The molecule has 0 aliphatic carbocycles. The van der Waals surface area contributed by atoms with Gasteiger partial charge in [0.2, 0.25) is 0 Å². The van der Waals surface area contributed by atoms with E-state index in [-0.39, 0.29) is 24.2 Å². The number of anilines is 1. The lowest BCUT2D eigenvalue weighted by molar-refractivity contribution is 0.0954. The van der Waals surface area contributed by atoms with Crippen LogP contribution in [0.1, 0.15) is 20.0 Å². The highest BCUT2D eigenvalue weighted by Gasteiger charge is 2.19. The molecule has 0 spiro atoms. The summed E-state index contributed by atoms with van der Waals surface area (Å²) in [6, 6.07) is 10.7. The maximum atomic E-state index is 12.5. The number of para-hydroxylation sites is 1. The monoisotopic (exact) mass is 397 g/mol. The summed E-state index contributed by atoms with van der Waals surface area (Å²) in [6.45, 7) is 2.52. The first kappa shape index (κ1) is 22.1. The van der Waals surface area contributed by atoms with Crippen LogP contribution in [0.5, 0.6) is 0 Å². The van der Waals surface area contributed by atoms with E-state index in [2.05, 4.69) is 10.6 Å². The van der Waals surface area contributed by atoms with Gasteiger partial charge in [-0.15, -0.1) is 23.7 Å². The van der Waals surface area contributed by atoms with Crippen LogP contribution in [0.3, 0.4) is 0 Å². The molecule has 142 valence electrons. The fraction of sp³-hybridized carbons (Fsp3) is 0.333. The van der Waals surface area contributed by atoms with E-state index in [0.29, 0.717) is 35.8 Å². The van der Waals surface area contributed by atoms with Crippen molar-refractivity contribution in [3.63, 3.8) is 0 Å². The number of thiophene rings is 1. The maximum Gasteiger partial charge on any atom is 0.268 e. The van der Waals surface area contributed by atoms with Gasteiger partial charge in [0.05, 0.1) is 22.7 Å². The van der Waals surface area contributed by atoms with E-state index < -0.39 is 0 Å². The largest absolute Gasteiger partial charge is 0.383 e. The summed E-state index contributed by atoms with van der Waals surface area (Å²) in [5, 5.41) is 7.89. The number of amides is 2. The van der Waals surface area contributed by atoms with E-state index in [0.717, 1.165) is 6.54 Å². The summed E-state index contributed by atoms with van der Waals surface area (Å²) in [5.74, 6) is -0.327. The second-order valence-corrected chi connectivity index (χ2v) is 6.31. The van der Waals surface area contributed by atoms with Crippen molar-refractivity contribution in [2.24, 2.45) is 0 Å². The number of rotatable bonds is 9. The number of nitrogens with one attached hydrogen (secondary N) is 2. The summed E-state index contributed by atoms with van der Waals surface area (Å²) in [6.07, 6.45) is 0. The van der Waals surface area contributed by atoms with E-state index in [1.807, 2.05) is 17.5 Å². The molecular weight excluding hydrogens is 374 g/mol. The Morgan fingerprint density at radius 3 is 2.58 bits per heavy atom. The van der Waals surface area contributed by atoms with E-state index in [9.17, 15) is 9.59 Å². The minimum Gasteiger partial charge on any atom is -0.383 e. The van der Waals surface area contributed by atoms with Gasteiger partial charge < -0.3 is 20.3 Å². The molecule has 1 aromatic heterocycles. The Hall–Kier alpha value is -1.93. The SMILES string of the molecule is COCCNCCNC(=O)c1ccccc1N(C)C(=O)c1cccs1.Cl. The molecule has 0 aliphatic heterocycles. The Kier molecular flexibility index (Phi) is 9.90. The van der Waals surface area contributed by atoms with Crippen molar-refractivity contribution in [3.8, 4) is 0 Å². The number of methoxy groups -OCH3 is 1. The third kappa shape index (κ3) is 6.10. The molecule has 26 heavy (non-hydrogen) atoms. The van der Waals surface area contributed by atoms with Crippen LogP contribution in [0.4, 0.5) is 5.69 Å². The Balaban J connectivity index is 0.00000338. The summed E-state index contributed by atoms with van der Waals surface area (Å²) >= 11 is 1.38. The topological polar surface area (TPSA) is 70.7 Å². The zero-order valence-corrected chi connectivity index (χ0v) is 16.5. The highest BCUT2D eigenvalue weighted by molar-refractivity contribution is 7.12. The van der Waals surface area contributed by atoms with Crippen LogP contribution in [-0.2, 0) is 4.74 Å². The van der Waals surface area contributed by atoms with Crippen LogP contribution in [-0.4, -0.2) is 52.2 Å². The summed E-state index contributed by atoms with van der Waals surface area (Å²) in [7, 11) is 3.33. The predicted molar refractivity (Wildman–Crippen MR) is 108 cm³/mol. The number of nitrogens with zero attached hydrogens (tertiary/aromatic N) is 1. The second kappa shape index (κ2) is 11.6. The smallest absolute Gasteiger partial charge is 0.268 e. The fourth-order valence-electron chi connectivity index (χ4n) is 2.29. The van der Waals surface area contributed by atoms with Crippen molar-refractivity contribution in [3.05, 3.63) is 52.2 Å². The first-order chi connectivity index (χ1) is 12.1. The van der Waals surface area contributed by atoms with E-state index in [1.54, 1.807) is 38.4 Å². The van der Waals surface area contributed by atoms with Gasteiger partial charge in [0.1, 0.15) is 0 Å². The summed E-state index contributed by atoms with van der Waals surface area (Å²) < 4.78 is 4.95. The number of carbonyl (C=O) groups is 2. The van der Waals surface area contributed by atoms with Gasteiger partial charge in [-0.05, 0) is 23.6 Å². The standard InChI is InChI=1S/C18H23N3O3S.ClH/c1-21(18(23)16-8-5-13-25-16)15-7-4-3-6-14(15)17(22)20-10-9-19-11-12-24-2;/h3-8,13,19H,9-12H2,1-2H3,(H,20,22);1H. The number of halogens is 1. The molecule has 2 rings (SSSR count). The number of hydrogen-bond acceptors (Lipinski definition) is 5. The van der Waals surface area contributed by atoms with Gasteiger partial charge in [-0.2, -0.15) is 0 Å². The third-order valence-corrected chi connectivity index (χ3v) is 4.47. The lowest BCUT2D eigenvalue weighted by atomic mass is 10.1. The summed E-state index contributed by atoms with van der Waals surface area (Å²) in [5.41, 5.74) is 1.07. The Labute approximate surface area is 163 Å². The molecule has 0 unspecified atom stereocenters. The minimum atomic E-state index is -0.199. The van der Waals surface area contributed by atoms with Crippen LogP contribution in [0.2, 0.25) is 0 Å². The van der Waals surface area contributed by atoms with Gasteiger partial charge in [0, 0.05) is 33.8 Å². The predicted octanol–water partition coefficient (Wildman–Crippen LogP) is 2.41. The van der Waals surface area contributed by atoms with Crippen molar-refractivity contribution in [1.82, 2.24) is 10.6 Å². The molecule has 2 amide bonds. The van der Waals surface area contributed by atoms with E-state index in [4.69, 9.17) is 4.74 Å². The van der Waals surface area contributed by atoms with Crippen molar-refractivity contribution >= 4 is 41.2 Å². The molecule has 2 aromatic rings. The Morgan fingerprint density at radius 2 is 1.88 bits per heavy atom. The maximum absolute atomic E-state index is 12.5. The van der Waals surface area contributed by atoms with Crippen molar-refractivity contribution in [2.45, 2.75) is 0 Å². The van der Waals surface area contributed by atoms with E-state index in [1.165, 1.54) is 16.2 Å². The van der Waals surface area contributed by atoms with Crippen molar-refractivity contribution < 1.29 is 14.3 Å². The molecule has 8 heteroatoms. The molecule has 2 N–H and O–H groups in total. The van der Waals surface area contributed by atoms with Gasteiger partial charge >= 0.3 is 0 Å². The average molecular weight is 398 g/mol. The quantitative estimate of drug-likeness (QED) is 0.637. The lowest BCUT2D eigenvalue weighted by Gasteiger charge is -2.20. The molecule has 0 saturated heterocycles. The molecule has 0 radical (unpaired) electrons. The van der Waals surface area contributed by atoms with Gasteiger partial charge in [0.15, 0.2) is 0 Å². The fourth-order valence-corrected chi connectivity index (χ4v) is 2.99. The Bertz CT molecular complexity index is 695. The van der Waals surface area contributed by atoms with Crippen LogP contribution in [0.15, 0.2) is 41.8 Å². The molecule has 0 saturated carbocycles. The molecule has 6 nitrogen and oxygen atoms in total. The zero-order valence-electron chi connectivity index (χ0n) is 14.9. The lowest BCUT2D eigenvalue weighted by Crippen LogP contribution is -2.34. The first-order valence-corrected chi connectivity index (χ1v) is 8.91. The second-order valence-electron chi connectivity index (χ2n) is 5.36. The molecule has 0 aliphatic rings. The molecule has 0 fully saturated rings. The molecule has 1 heterocycles. The van der Waals surface area contributed by atoms with Gasteiger partial charge in [0.25, 0.3) is 11.8 Å². The minimum absolute atomic E-state index is 0. The molecular formula is C18H24ClN3O3S. The van der Waals surface area contributed by atoms with Crippen LogP contribution in [0.25, 0.3) is 0 Å². The summed E-state index contributed by atoms with van der Waals surface area (Å²) in [4.78, 5) is 27.1. The highest BCUT2D eigenvalue weighted by atomic mass is 35.5. The molecule has 1 aromatic carbocycles. The first-order valence-electron chi connectivity index (χ1n) is 8.03. The number of benzene rings is 1. The average Bonchev–Trinajstić information content (AvgIpc) is 3.18.